The Hall–Kier alpha value is -0.510. The van der Waals surface area contributed by atoms with Gasteiger partial charge in [0.05, 0.1) is 11.5 Å². The van der Waals surface area contributed by atoms with Crippen LogP contribution in [0.1, 0.15) is 53.9 Å². The molecule has 0 aromatic rings. The maximum Gasteiger partial charge on any atom is 0.0683 e. The molecule has 66 valence electrons. The van der Waals surface area contributed by atoms with E-state index in [1.54, 1.807) is 0 Å². The molecule has 0 atom stereocenters. The van der Waals surface area contributed by atoms with Crippen molar-refractivity contribution in [3.63, 3.8) is 0 Å². The fourth-order valence-electron chi connectivity index (χ4n) is 0.675. The van der Waals surface area contributed by atoms with Crippen LogP contribution in [-0.2, 0) is 0 Å². The molecule has 0 aliphatic rings. The van der Waals surface area contributed by atoms with Crippen molar-refractivity contribution in [1.82, 2.24) is 0 Å². The van der Waals surface area contributed by atoms with Crippen LogP contribution in [0.4, 0.5) is 0 Å². The molecule has 1 nitrogen and oxygen atoms in total. The molecule has 0 unspecified atom stereocenters. The maximum atomic E-state index is 8.57. The van der Waals surface area contributed by atoms with E-state index in [2.05, 4.69) is 13.0 Å². The van der Waals surface area contributed by atoms with Gasteiger partial charge in [-0.25, -0.2) is 0 Å². The van der Waals surface area contributed by atoms with Crippen LogP contribution in [0.15, 0.2) is 0 Å². The smallest absolute Gasteiger partial charge is 0.0683 e. The van der Waals surface area contributed by atoms with Gasteiger partial charge < -0.3 is 0 Å². The highest BCUT2D eigenvalue weighted by molar-refractivity contribution is 4.90. The topological polar surface area (TPSA) is 23.8 Å². The number of hydrogen-bond donors (Lipinski definition) is 0. The van der Waals surface area contributed by atoms with Crippen LogP contribution >= 0.6 is 0 Å². The second-order valence-corrected chi connectivity index (χ2v) is 3.10. The molecular weight excluding hydrogens is 134 g/mol. The predicted octanol–water partition coefficient (Wildman–Crippen LogP) is 3.75. The number of nitriles is 1. The Morgan fingerprint density at radius 3 is 2.00 bits per heavy atom. The van der Waals surface area contributed by atoms with Crippen molar-refractivity contribution in [2.24, 2.45) is 5.41 Å². The van der Waals surface area contributed by atoms with E-state index >= 15 is 0 Å². The zero-order valence-electron chi connectivity index (χ0n) is 8.57. The molecule has 0 heterocycles. The highest BCUT2D eigenvalue weighted by atomic mass is 14.3. The zero-order chi connectivity index (χ0) is 9.33. The lowest BCUT2D eigenvalue weighted by atomic mass is 9.89. The summed E-state index contributed by atoms with van der Waals surface area (Å²) in [5.74, 6) is 0. The third-order valence-corrected chi connectivity index (χ3v) is 1.46. The van der Waals surface area contributed by atoms with Crippen molar-refractivity contribution in [2.75, 3.05) is 0 Å². The summed E-state index contributed by atoms with van der Waals surface area (Å²) in [5, 5.41) is 8.57. The van der Waals surface area contributed by atoms with Gasteiger partial charge in [-0.15, -0.1) is 0 Å². The first-order valence-electron chi connectivity index (χ1n) is 4.53. The Morgan fingerprint density at radius 1 is 1.27 bits per heavy atom. The van der Waals surface area contributed by atoms with Crippen molar-refractivity contribution in [2.45, 2.75) is 53.9 Å². The van der Waals surface area contributed by atoms with Gasteiger partial charge in [0.15, 0.2) is 0 Å². The molecule has 0 spiro atoms. The van der Waals surface area contributed by atoms with E-state index in [4.69, 9.17) is 5.26 Å². The minimum absolute atomic E-state index is 0.101. The molecule has 0 N–H and O–H groups in total. The second kappa shape index (κ2) is 7.60. The van der Waals surface area contributed by atoms with Crippen LogP contribution in [0, 0.1) is 16.7 Å². The van der Waals surface area contributed by atoms with Crippen LogP contribution in [0.2, 0.25) is 0 Å². The average Bonchev–Trinajstić information content (AvgIpc) is 2.05. The van der Waals surface area contributed by atoms with Crippen molar-refractivity contribution in [3.05, 3.63) is 0 Å². The zero-order valence-corrected chi connectivity index (χ0v) is 8.57. The van der Waals surface area contributed by atoms with Crippen molar-refractivity contribution in [3.8, 4) is 6.07 Å². The van der Waals surface area contributed by atoms with E-state index in [1.807, 2.05) is 27.7 Å². The van der Waals surface area contributed by atoms with Crippen LogP contribution in [-0.4, -0.2) is 0 Å². The number of rotatable bonds is 3. The fourth-order valence-corrected chi connectivity index (χ4v) is 0.675. The summed E-state index contributed by atoms with van der Waals surface area (Å²) in [4.78, 5) is 0. The van der Waals surface area contributed by atoms with Gasteiger partial charge in [-0.2, -0.15) is 5.26 Å². The first-order valence-corrected chi connectivity index (χ1v) is 4.53. The van der Waals surface area contributed by atoms with E-state index in [-0.39, 0.29) is 5.41 Å². The Bertz CT molecular complexity index is 109. The monoisotopic (exact) mass is 155 g/mol. The third-order valence-electron chi connectivity index (χ3n) is 1.46. The number of unbranched alkanes of at least 4 members (excludes halogenated alkanes) is 1. The maximum absolute atomic E-state index is 8.57. The summed E-state index contributed by atoms with van der Waals surface area (Å²) in [6.07, 6.45) is 3.38. The van der Waals surface area contributed by atoms with Crippen LogP contribution in [0.5, 0.6) is 0 Å². The highest BCUT2D eigenvalue weighted by Crippen LogP contribution is 2.20. The lowest BCUT2D eigenvalue weighted by molar-refractivity contribution is 0.432. The summed E-state index contributed by atoms with van der Waals surface area (Å²) >= 11 is 0. The normalized spacial score (nSPS) is 9.45. The van der Waals surface area contributed by atoms with Gasteiger partial charge in [0.25, 0.3) is 0 Å². The van der Waals surface area contributed by atoms with E-state index in [1.165, 1.54) is 12.8 Å². The van der Waals surface area contributed by atoms with Gasteiger partial charge in [-0.3, -0.25) is 0 Å². The quantitative estimate of drug-likeness (QED) is 0.609. The molecule has 0 rings (SSSR count). The Morgan fingerprint density at radius 2 is 1.73 bits per heavy atom. The van der Waals surface area contributed by atoms with E-state index < -0.39 is 0 Å². The SMILES string of the molecule is CC.CCCCC(C)(C)C#N. The van der Waals surface area contributed by atoms with Gasteiger partial charge >= 0.3 is 0 Å². The lowest BCUT2D eigenvalue weighted by Crippen LogP contribution is -2.06. The molecule has 0 aromatic carbocycles. The Balaban J connectivity index is 0. The third kappa shape index (κ3) is 9.49. The van der Waals surface area contributed by atoms with Gasteiger partial charge in [-0.1, -0.05) is 33.6 Å². The highest BCUT2D eigenvalue weighted by Gasteiger charge is 2.14. The first kappa shape index (κ1) is 13.1. The number of hydrogen-bond acceptors (Lipinski definition) is 1. The summed E-state index contributed by atoms with van der Waals surface area (Å²) in [7, 11) is 0. The molecule has 0 aromatic heterocycles. The molecular formula is C10H21N. The first-order chi connectivity index (χ1) is 5.12. The Labute approximate surface area is 71.4 Å². The standard InChI is InChI=1S/C8H15N.C2H6/c1-4-5-6-8(2,3)7-9;1-2/h4-6H2,1-3H3;1-2H3. The summed E-state index contributed by atoms with van der Waals surface area (Å²) < 4.78 is 0. The van der Waals surface area contributed by atoms with Gasteiger partial charge in [0, 0.05) is 0 Å². The molecule has 0 amide bonds. The lowest BCUT2D eigenvalue weighted by Gasteiger charge is -2.12. The molecule has 11 heavy (non-hydrogen) atoms. The molecule has 0 saturated heterocycles. The number of nitrogens with zero attached hydrogens (tertiary/aromatic N) is 1. The van der Waals surface area contributed by atoms with Crippen molar-refractivity contribution >= 4 is 0 Å². The minimum Gasteiger partial charge on any atom is -0.198 e. The molecule has 0 bridgehead atoms. The minimum atomic E-state index is -0.101. The van der Waals surface area contributed by atoms with Crippen LogP contribution in [0.25, 0.3) is 0 Å². The van der Waals surface area contributed by atoms with Gasteiger partial charge in [-0.05, 0) is 20.3 Å². The van der Waals surface area contributed by atoms with Crippen molar-refractivity contribution < 1.29 is 0 Å². The van der Waals surface area contributed by atoms with Gasteiger partial charge in [0.1, 0.15) is 0 Å². The molecule has 0 fully saturated rings. The summed E-state index contributed by atoms with van der Waals surface area (Å²) in [6, 6.07) is 2.28. The second-order valence-electron chi connectivity index (χ2n) is 3.10. The largest absolute Gasteiger partial charge is 0.198 e. The average molecular weight is 155 g/mol. The van der Waals surface area contributed by atoms with E-state index in [0.29, 0.717) is 0 Å². The molecule has 0 aliphatic carbocycles. The predicted molar refractivity (Wildman–Crippen MR) is 50.3 cm³/mol. The van der Waals surface area contributed by atoms with Crippen molar-refractivity contribution in [1.29, 1.82) is 5.26 Å². The Kier molecular flexibility index (Phi) is 9.05. The van der Waals surface area contributed by atoms with E-state index in [9.17, 15) is 0 Å². The van der Waals surface area contributed by atoms with E-state index in [0.717, 1.165) is 6.42 Å². The molecule has 1 heteroatoms. The fraction of sp³-hybridized carbons (Fsp3) is 0.900. The summed E-state index contributed by atoms with van der Waals surface area (Å²) in [5.41, 5.74) is -0.101. The van der Waals surface area contributed by atoms with Gasteiger partial charge in [0.2, 0.25) is 0 Å². The van der Waals surface area contributed by atoms with Crippen LogP contribution < -0.4 is 0 Å². The van der Waals surface area contributed by atoms with Crippen LogP contribution in [0.3, 0.4) is 0 Å². The molecule has 0 saturated carbocycles. The molecule has 0 aliphatic heterocycles. The molecule has 0 radical (unpaired) electrons. The summed E-state index contributed by atoms with van der Waals surface area (Å²) in [6.45, 7) is 10.1.